The number of ether oxygens (including phenoxy) is 1. The molecule has 19 heavy (non-hydrogen) atoms. The molecule has 0 spiro atoms. The predicted molar refractivity (Wildman–Crippen MR) is 80.5 cm³/mol. The molecule has 1 amide bonds. The Labute approximate surface area is 123 Å². The van der Waals surface area contributed by atoms with E-state index >= 15 is 0 Å². The van der Waals surface area contributed by atoms with Gasteiger partial charge in [-0.25, -0.2) is 5.43 Å². The van der Waals surface area contributed by atoms with Crippen molar-refractivity contribution in [2.75, 3.05) is 14.2 Å². The Hall–Kier alpha value is -1.07. The van der Waals surface area contributed by atoms with Gasteiger partial charge in [-0.15, -0.1) is 0 Å². The minimum atomic E-state index is -0.294. The van der Waals surface area contributed by atoms with E-state index in [0.29, 0.717) is 0 Å². The Balaban J connectivity index is 3.45. The van der Waals surface area contributed by atoms with Crippen LogP contribution in [-0.4, -0.2) is 20.1 Å². The maximum absolute atomic E-state index is 12.0. The molecule has 0 aliphatic heterocycles. The van der Waals surface area contributed by atoms with Gasteiger partial charge in [0.15, 0.2) is 0 Å². The van der Waals surface area contributed by atoms with Gasteiger partial charge in [-0.05, 0) is 44.4 Å². The molecule has 1 aromatic rings. The average molecular weight is 329 g/mol. The van der Waals surface area contributed by atoms with Crippen molar-refractivity contribution in [1.29, 1.82) is 0 Å². The monoisotopic (exact) mass is 328 g/mol. The molecule has 2 N–H and O–H groups in total. The van der Waals surface area contributed by atoms with Crippen LogP contribution in [-0.2, 0) is 4.79 Å². The Morgan fingerprint density at radius 1 is 1.21 bits per heavy atom. The van der Waals surface area contributed by atoms with Crippen LogP contribution < -0.4 is 15.6 Å². The van der Waals surface area contributed by atoms with E-state index in [-0.39, 0.29) is 11.8 Å². The van der Waals surface area contributed by atoms with E-state index < -0.39 is 0 Å². The molecule has 1 atom stereocenters. The molecule has 0 radical (unpaired) electrons. The molecule has 0 aromatic heterocycles. The first-order valence-corrected chi connectivity index (χ1v) is 6.95. The van der Waals surface area contributed by atoms with Gasteiger partial charge in [0.2, 0.25) is 5.91 Å². The Kier molecular flexibility index (Phi) is 5.38. The minimum absolute atomic E-state index is 0.0842. The highest BCUT2D eigenvalue weighted by Crippen LogP contribution is 2.39. The summed E-state index contributed by atoms with van der Waals surface area (Å²) in [5.74, 6) is 0.411. The Morgan fingerprint density at radius 2 is 1.79 bits per heavy atom. The fraction of sp³-hybridized carbons (Fsp3) is 0.500. The summed E-state index contributed by atoms with van der Waals surface area (Å²) in [6.07, 6.45) is 0. The molecule has 1 rings (SSSR count). The predicted octanol–water partition coefficient (Wildman–Crippen LogP) is 2.74. The number of hydrogen-bond acceptors (Lipinski definition) is 3. The van der Waals surface area contributed by atoms with Gasteiger partial charge in [0.25, 0.3) is 0 Å². The number of carbonyl (C=O) groups excluding carboxylic acids is 1. The van der Waals surface area contributed by atoms with Crippen molar-refractivity contribution < 1.29 is 9.53 Å². The number of rotatable bonds is 4. The highest BCUT2D eigenvalue weighted by atomic mass is 79.9. The second-order valence-electron chi connectivity index (χ2n) is 4.60. The molecular weight excluding hydrogens is 308 g/mol. The fourth-order valence-electron chi connectivity index (χ4n) is 2.25. The Morgan fingerprint density at radius 3 is 2.26 bits per heavy atom. The molecular formula is C14H21BrN2O2. The zero-order valence-electron chi connectivity index (χ0n) is 12.3. The van der Waals surface area contributed by atoms with Crippen LogP contribution in [0.25, 0.3) is 0 Å². The lowest BCUT2D eigenvalue weighted by atomic mass is 9.90. The molecule has 0 bridgehead atoms. The van der Waals surface area contributed by atoms with Gasteiger partial charge in [0.05, 0.1) is 13.0 Å². The van der Waals surface area contributed by atoms with Gasteiger partial charge in [-0.2, -0.15) is 0 Å². The maximum Gasteiger partial charge on any atom is 0.241 e. The first-order chi connectivity index (χ1) is 8.86. The number of hydrazine groups is 1. The summed E-state index contributed by atoms with van der Waals surface area (Å²) in [7, 11) is 3.31. The lowest BCUT2D eigenvalue weighted by Crippen LogP contribution is -2.37. The molecule has 0 heterocycles. The SMILES string of the molecule is CNNC(=O)C(C)c1c(C)c(Br)c(C)c(C)c1OC. The molecule has 4 nitrogen and oxygen atoms in total. The van der Waals surface area contributed by atoms with Gasteiger partial charge in [-0.3, -0.25) is 10.2 Å². The fourth-order valence-corrected chi connectivity index (χ4v) is 2.76. The van der Waals surface area contributed by atoms with E-state index in [9.17, 15) is 4.79 Å². The van der Waals surface area contributed by atoms with Crippen LogP contribution in [0.4, 0.5) is 0 Å². The molecule has 106 valence electrons. The van der Waals surface area contributed by atoms with Gasteiger partial charge < -0.3 is 4.74 Å². The topological polar surface area (TPSA) is 50.4 Å². The summed E-state index contributed by atoms with van der Waals surface area (Å²) in [6, 6.07) is 0. The highest BCUT2D eigenvalue weighted by molar-refractivity contribution is 9.10. The van der Waals surface area contributed by atoms with Crippen molar-refractivity contribution >= 4 is 21.8 Å². The molecule has 0 saturated heterocycles. The largest absolute Gasteiger partial charge is 0.496 e. The number of benzene rings is 1. The molecule has 1 aromatic carbocycles. The molecule has 0 aliphatic carbocycles. The van der Waals surface area contributed by atoms with Crippen LogP contribution in [0.2, 0.25) is 0 Å². The number of methoxy groups -OCH3 is 1. The molecule has 0 fully saturated rings. The summed E-state index contributed by atoms with van der Waals surface area (Å²) < 4.78 is 6.55. The zero-order valence-corrected chi connectivity index (χ0v) is 13.9. The summed E-state index contributed by atoms with van der Waals surface area (Å²) in [5, 5.41) is 0. The van der Waals surface area contributed by atoms with Crippen LogP contribution in [0.3, 0.4) is 0 Å². The van der Waals surface area contributed by atoms with Crippen LogP contribution in [0, 0.1) is 20.8 Å². The summed E-state index contributed by atoms with van der Waals surface area (Å²) in [6.45, 7) is 7.91. The highest BCUT2D eigenvalue weighted by Gasteiger charge is 2.25. The minimum Gasteiger partial charge on any atom is -0.496 e. The third-order valence-electron chi connectivity index (χ3n) is 3.49. The van der Waals surface area contributed by atoms with Crippen LogP contribution in [0.15, 0.2) is 4.47 Å². The van der Waals surface area contributed by atoms with Crippen LogP contribution >= 0.6 is 15.9 Å². The lowest BCUT2D eigenvalue weighted by molar-refractivity contribution is -0.123. The second-order valence-corrected chi connectivity index (χ2v) is 5.39. The van der Waals surface area contributed by atoms with Crippen molar-refractivity contribution in [2.45, 2.75) is 33.6 Å². The number of nitrogens with one attached hydrogen (secondary N) is 2. The molecule has 5 heteroatoms. The summed E-state index contributed by atoms with van der Waals surface area (Å²) in [5.41, 5.74) is 9.43. The van der Waals surface area contributed by atoms with Gasteiger partial charge in [0, 0.05) is 17.1 Å². The standard InChI is InChI=1S/C14H21BrN2O2/c1-7-8(2)13(19-6)11(9(3)12(7)15)10(4)14(18)17-16-5/h10,16H,1-6H3,(H,17,18). The van der Waals surface area contributed by atoms with Crippen molar-refractivity contribution in [2.24, 2.45) is 0 Å². The van der Waals surface area contributed by atoms with E-state index in [4.69, 9.17) is 4.74 Å². The molecule has 0 aliphatic rings. The first kappa shape index (κ1) is 16.0. The van der Waals surface area contributed by atoms with Crippen LogP contribution in [0.5, 0.6) is 5.75 Å². The number of carbonyl (C=O) groups is 1. The molecule has 0 saturated carbocycles. The molecule has 1 unspecified atom stereocenters. The van der Waals surface area contributed by atoms with Gasteiger partial charge >= 0.3 is 0 Å². The number of hydrogen-bond donors (Lipinski definition) is 2. The third kappa shape index (κ3) is 2.92. The second kappa shape index (κ2) is 6.39. The lowest BCUT2D eigenvalue weighted by Gasteiger charge is -2.22. The van der Waals surface area contributed by atoms with E-state index in [2.05, 4.69) is 26.8 Å². The normalized spacial score (nSPS) is 12.2. The van der Waals surface area contributed by atoms with E-state index in [1.54, 1.807) is 14.2 Å². The average Bonchev–Trinajstić information content (AvgIpc) is 2.39. The quantitative estimate of drug-likeness (QED) is 0.835. The van der Waals surface area contributed by atoms with Gasteiger partial charge in [0.1, 0.15) is 5.75 Å². The number of halogens is 1. The smallest absolute Gasteiger partial charge is 0.241 e. The van der Waals surface area contributed by atoms with E-state index in [1.807, 2.05) is 27.7 Å². The van der Waals surface area contributed by atoms with Crippen molar-refractivity contribution in [3.05, 3.63) is 26.7 Å². The Bertz CT molecular complexity index is 501. The third-order valence-corrected chi connectivity index (χ3v) is 4.68. The van der Waals surface area contributed by atoms with Crippen LogP contribution in [0.1, 0.15) is 35.1 Å². The van der Waals surface area contributed by atoms with Gasteiger partial charge in [-0.1, -0.05) is 15.9 Å². The maximum atomic E-state index is 12.0. The number of amides is 1. The van der Waals surface area contributed by atoms with Crippen molar-refractivity contribution in [3.63, 3.8) is 0 Å². The summed E-state index contributed by atoms with van der Waals surface area (Å²) >= 11 is 3.60. The van der Waals surface area contributed by atoms with E-state index in [0.717, 1.165) is 32.5 Å². The van der Waals surface area contributed by atoms with Crippen molar-refractivity contribution in [1.82, 2.24) is 10.9 Å². The van der Waals surface area contributed by atoms with E-state index in [1.165, 1.54) is 0 Å². The summed E-state index contributed by atoms with van der Waals surface area (Å²) in [4.78, 5) is 12.0. The zero-order chi connectivity index (χ0) is 14.7. The first-order valence-electron chi connectivity index (χ1n) is 6.16. The van der Waals surface area contributed by atoms with Crippen molar-refractivity contribution in [3.8, 4) is 5.75 Å².